The number of pyridine rings is 1. The number of carbonyl (C=O) groups excluding carboxylic acids is 1. The summed E-state index contributed by atoms with van der Waals surface area (Å²) in [6, 6.07) is 8.26. The highest BCUT2D eigenvalue weighted by Crippen LogP contribution is 2.34. The molecule has 8 nitrogen and oxygen atoms in total. The van der Waals surface area contributed by atoms with Gasteiger partial charge in [0.2, 0.25) is 5.88 Å². The van der Waals surface area contributed by atoms with Gasteiger partial charge in [-0.1, -0.05) is 6.07 Å². The van der Waals surface area contributed by atoms with Gasteiger partial charge in [0.1, 0.15) is 5.82 Å². The fourth-order valence-corrected chi connectivity index (χ4v) is 3.49. The number of nitrogens with zero attached hydrogens (tertiary/aromatic N) is 3. The molecule has 0 bridgehead atoms. The molecule has 180 valence electrons. The van der Waals surface area contributed by atoms with Crippen LogP contribution < -0.4 is 14.8 Å². The summed E-state index contributed by atoms with van der Waals surface area (Å²) in [7, 11) is 1.53. The highest BCUT2D eigenvalue weighted by atomic mass is 32.2. The molecule has 2 N–H and O–H groups in total. The van der Waals surface area contributed by atoms with Gasteiger partial charge in [-0.25, -0.2) is 9.37 Å². The number of benzene rings is 1. The molecule has 2 heterocycles. The molecule has 0 saturated heterocycles. The van der Waals surface area contributed by atoms with Gasteiger partial charge in [-0.2, -0.15) is 0 Å². The highest BCUT2D eigenvalue weighted by Gasteiger charge is 2.21. The zero-order valence-electron chi connectivity index (χ0n) is 19.2. The molecule has 0 atom stereocenters. The van der Waals surface area contributed by atoms with Crippen LogP contribution in [0.1, 0.15) is 30.1 Å². The monoisotopic (exact) mass is 485 g/mol. The molecular formula is C24H28FN5O3S. The summed E-state index contributed by atoms with van der Waals surface area (Å²) in [4.78, 5) is 24.1. The molecule has 0 aliphatic heterocycles. The zero-order chi connectivity index (χ0) is 24.2. The van der Waals surface area contributed by atoms with Crippen molar-refractivity contribution in [3.8, 4) is 17.1 Å². The molecule has 3 aromatic rings. The Balaban J connectivity index is 0.000000243. The first kappa shape index (κ1) is 25.4. The topological polar surface area (TPSA) is 98.3 Å². The molecule has 1 aliphatic rings. The predicted molar refractivity (Wildman–Crippen MR) is 131 cm³/mol. The van der Waals surface area contributed by atoms with Crippen LogP contribution in [0.5, 0.6) is 5.88 Å². The van der Waals surface area contributed by atoms with Crippen molar-refractivity contribution in [2.24, 2.45) is 0 Å². The number of amides is 1. The average molecular weight is 486 g/mol. The molecule has 1 aromatic carbocycles. The lowest BCUT2D eigenvalue weighted by Gasteiger charge is -2.08. The van der Waals surface area contributed by atoms with E-state index in [1.54, 1.807) is 18.5 Å². The lowest BCUT2D eigenvalue weighted by molar-refractivity contribution is 0.0933. The maximum atomic E-state index is 14.2. The summed E-state index contributed by atoms with van der Waals surface area (Å²) in [5.41, 5.74) is 2.11. The van der Waals surface area contributed by atoms with Crippen molar-refractivity contribution in [1.29, 1.82) is 0 Å². The van der Waals surface area contributed by atoms with Crippen molar-refractivity contribution in [2.75, 3.05) is 31.6 Å². The van der Waals surface area contributed by atoms with Gasteiger partial charge in [-0.05, 0) is 56.0 Å². The van der Waals surface area contributed by atoms with Crippen molar-refractivity contribution in [3.05, 3.63) is 66.5 Å². The van der Waals surface area contributed by atoms with Gasteiger partial charge >= 0.3 is 0 Å². The van der Waals surface area contributed by atoms with E-state index in [0.717, 1.165) is 10.9 Å². The van der Waals surface area contributed by atoms with Gasteiger partial charge in [-0.15, -0.1) is 0 Å². The first-order chi connectivity index (χ1) is 16.6. The largest absolute Gasteiger partial charge is 0.477 e. The zero-order valence-corrected chi connectivity index (χ0v) is 20.0. The minimum atomic E-state index is -0.624. The van der Waals surface area contributed by atoms with E-state index in [4.69, 9.17) is 9.47 Å². The summed E-state index contributed by atoms with van der Waals surface area (Å²) >= 11 is 1.82. The summed E-state index contributed by atoms with van der Waals surface area (Å²) in [6.45, 7) is 2.99. The van der Waals surface area contributed by atoms with Crippen LogP contribution in [0.25, 0.3) is 11.3 Å². The van der Waals surface area contributed by atoms with Crippen molar-refractivity contribution < 1.29 is 18.7 Å². The van der Waals surface area contributed by atoms with Crippen LogP contribution in [-0.2, 0) is 4.74 Å². The maximum absolute atomic E-state index is 14.2. The third-order valence-electron chi connectivity index (χ3n) is 4.55. The van der Waals surface area contributed by atoms with Crippen molar-refractivity contribution in [1.82, 2.24) is 20.3 Å². The summed E-state index contributed by atoms with van der Waals surface area (Å²) in [5, 5.41) is 3.42. The number of anilines is 1. The number of halogens is 1. The van der Waals surface area contributed by atoms with Gasteiger partial charge in [0.25, 0.3) is 5.91 Å². The fourth-order valence-electron chi connectivity index (χ4n) is 2.68. The number of rotatable bonds is 10. The van der Waals surface area contributed by atoms with E-state index < -0.39 is 11.7 Å². The summed E-state index contributed by atoms with van der Waals surface area (Å²) < 4.78 is 27.6. The average Bonchev–Trinajstić information content (AvgIpc) is 3.69. The van der Waals surface area contributed by atoms with Crippen LogP contribution in [0.2, 0.25) is 0 Å². The second-order valence-electron chi connectivity index (χ2n) is 7.27. The Labute approximate surface area is 202 Å². The molecule has 1 amide bonds. The van der Waals surface area contributed by atoms with E-state index >= 15 is 0 Å². The number of hydrogen-bond acceptors (Lipinski definition) is 8. The van der Waals surface area contributed by atoms with Crippen molar-refractivity contribution in [2.45, 2.75) is 25.0 Å². The first-order valence-electron chi connectivity index (χ1n) is 10.9. The number of nitrogens with one attached hydrogen (secondary N) is 2. The van der Waals surface area contributed by atoms with Crippen LogP contribution in [0, 0.1) is 5.82 Å². The Morgan fingerprint density at radius 3 is 2.65 bits per heavy atom. The van der Waals surface area contributed by atoms with Crippen LogP contribution in [0.4, 0.5) is 10.1 Å². The minimum Gasteiger partial charge on any atom is -0.477 e. The van der Waals surface area contributed by atoms with Gasteiger partial charge < -0.3 is 19.5 Å². The molecule has 0 unspecified atom stereocenters. The van der Waals surface area contributed by atoms with E-state index in [-0.39, 0.29) is 5.56 Å². The Kier molecular flexibility index (Phi) is 10.1. The van der Waals surface area contributed by atoms with E-state index in [9.17, 15) is 9.18 Å². The number of aromatic nitrogens is 3. The number of hydrogen-bond donors (Lipinski definition) is 2. The number of methoxy groups -OCH3 is 1. The number of ether oxygens (including phenoxy) is 2. The Morgan fingerprint density at radius 1 is 1.18 bits per heavy atom. The molecule has 2 aromatic heterocycles. The SMILES string of the molecule is CCOc1cncc(-c2ccc(C(=O)NCCOC)c(F)c2)n1.c1cc(NSC2CC2)ccn1. The molecule has 0 spiro atoms. The Morgan fingerprint density at radius 2 is 1.97 bits per heavy atom. The first-order valence-corrected chi connectivity index (χ1v) is 11.8. The number of carbonyl (C=O) groups is 1. The molecule has 1 fully saturated rings. The van der Waals surface area contributed by atoms with Gasteiger partial charge in [0, 0.05) is 42.5 Å². The van der Waals surface area contributed by atoms with Crippen LogP contribution >= 0.6 is 11.9 Å². The standard InChI is InChI=1S/C16H18FN3O3.C8H10N2S/c1-3-23-15-10-18-9-14(20-15)11-4-5-12(13(17)8-11)16(21)19-6-7-22-2;1-2-8(1)11-10-7-3-5-9-6-4-7/h4-5,8-10H,3,6-7H2,1-2H3,(H,19,21);3-6,8H,1-2H2,(H,9,10). The molecule has 1 saturated carbocycles. The van der Waals surface area contributed by atoms with E-state index in [2.05, 4.69) is 25.0 Å². The van der Waals surface area contributed by atoms with Crippen LogP contribution in [0.3, 0.4) is 0 Å². The third kappa shape index (κ3) is 8.27. The van der Waals surface area contributed by atoms with Crippen molar-refractivity contribution in [3.63, 3.8) is 0 Å². The second-order valence-corrected chi connectivity index (χ2v) is 8.38. The molecular weight excluding hydrogens is 457 g/mol. The normalized spacial score (nSPS) is 12.3. The van der Waals surface area contributed by atoms with Crippen LogP contribution in [-0.4, -0.2) is 53.0 Å². The molecule has 1 aliphatic carbocycles. The molecule has 0 radical (unpaired) electrons. The predicted octanol–water partition coefficient (Wildman–Crippen LogP) is 4.36. The highest BCUT2D eigenvalue weighted by molar-refractivity contribution is 8.01. The van der Waals surface area contributed by atoms with Crippen molar-refractivity contribution >= 4 is 23.5 Å². The third-order valence-corrected chi connectivity index (χ3v) is 5.71. The molecule has 10 heteroatoms. The van der Waals surface area contributed by atoms with Gasteiger partial charge in [-0.3, -0.25) is 14.8 Å². The van der Waals surface area contributed by atoms with Crippen LogP contribution in [0.15, 0.2) is 55.1 Å². The fraction of sp³-hybridized carbons (Fsp3) is 0.333. The lowest BCUT2D eigenvalue weighted by atomic mass is 10.1. The van der Waals surface area contributed by atoms with Gasteiger partial charge in [0.05, 0.1) is 36.9 Å². The minimum absolute atomic E-state index is 0.0289. The Bertz CT molecular complexity index is 1050. The van der Waals surface area contributed by atoms with Gasteiger partial charge in [0.15, 0.2) is 0 Å². The molecule has 34 heavy (non-hydrogen) atoms. The quantitative estimate of drug-likeness (QED) is 0.323. The summed E-state index contributed by atoms with van der Waals surface area (Å²) in [5.74, 6) is -0.743. The molecule has 4 rings (SSSR count). The lowest BCUT2D eigenvalue weighted by Crippen LogP contribution is -2.27. The van der Waals surface area contributed by atoms with E-state index in [1.165, 1.54) is 44.5 Å². The van der Waals surface area contributed by atoms with E-state index in [0.29, 0.717) is 36.9 Å². The second kappa shape index (κ2) is 13.5. The summed E-state index contributed by atoms with van der Waals surface area (Å²) in [6.07, 6.45) is 9.33. The smallest absolute Gasteiger partial charge is 0.254 e. The Hall–Kier alpha value is -3.24. The maximum Gasteiger partial charge on any atom is 0.254 e. The van der Waals surface area contributed by atoms with E-state index in [1.807, 2.05) is 31.0 Å².